The van der Waals surface area contributed by atoms with E-state index in [1.54, 1.807) is 0 Å². The first-order valence-corrected chi connectivity index (χ1v) is 11.7. The smallest absolute Gasteiger partial charge is 0.231 e. The number of benzene rings is 2. The standard InChI is InChI=1S/C27H37NO3/c1-6-7-8-11-23(22-14-10-15-25-26(22)31-17-30-25)27(29)28-16-24-20(18(2)3)12-9-13-21(24)19(4)5/h9-10,12-15,18-19,23H,6-8,11,16-17H2,1-5H3,(H,28,29). The highest BCUT2D eigenvalue weighted by atomic mass is 16.7. The Kier molecular flexibility index (Phi) is 8.00. The average Bonchev–Trinajstić information content (AvgIpc) is 3.24. The van der Waals surface area contributed by atoms with Gasteiger partial charge in [0.05, 0.1) is 5.92 Å². The number of hydrogen-bond acceptors (Lipinski definition) is 3. The first kappa shape index (κ1) is 23.2. The molecule has 2 aromatic rings. The second kappa shape index (κ2) is 10.7. The van der Waals surface area contributed by atoms with Crippen molar-refractivity contribution in [3.05, 3.63) is 58.7 Å². The molecule has 168 valence electrons. The van der Waals surface area contributed by atoms with Crippen molar-refractivity contribution in [1.82, 2.24) is 5.32 Å². The first-order chi connectivity index (χ1) is 14.9. The summed E-state index contributed by atoms with van der Waals surface area (Å²) in [7, 11) is 0. The molecule has 1 N–H and O–H groups in total. The fourth-order valence-electron chi connectivity index (χ4n) is 4.46. The lowest BCUT2D eigenvalue weighted by Gasteiger charge is -2.22. The summed E-state index contributed by atoms with van der Waals surface area (Å²) in [5.74, 6) is 2.11. The molecule has 0 saturated heterocycles. The maximum atomic E-state index is 13.5. The molecule has 0 bridgehead atoms. The van der Waals surface area contributed by atoms with Crippen LogP contribution in [0.25, 0.3) is 0 Å². The molecule has 1 atom stereocenters. The van der Waals surface area contributed by atoms with Gasteiger partial charge in [-0.15, -0.1) is 0 Å². The third-order valence-electron chi connectivity index (χ3n) is 6.15. The van der Waals surface area contributed by atoms with Crippen LogP contribution in [0, 0.1) is 0 Å². The van der Waals surface area contributed by atoms with Crippen LogP contribution in [0.1, 0.15) is 100 Å². The monoisotopic (exact) mass is 423 g/mol. The summed E-state index contributed by atoms with van der Waals surface area (Å²) >= 11 is 0. The molecule has 1 unspecified atom stereocenters. The summed E-state index contributed by atoms with van der Waals surface area (Å²) < 4.78 is 11.3. The number of carbonyl (C=O) groups excluding carboxylic acids is 1. The predicted molar refractivity (Wildman–Crippen MR) is 126 cm³/mol. The fraction of sp³-hybridized carbons (Fsp3) is 0.519. The number of unbranched alkanes of at least 4 members (excludes halogenated alkanes) is 2. The van der Waals surface area contributed by atoms with Crippen molar-refractivity contribution in [3.8, 4) is 11.5 Å². The van der Waals surface area contributed by atoms with Gasteiger partial charge in [0, 0.05) is 12.1 Å². The summed E-state index contributed by atoms with van der Waals surface area (Å²) in [6.45, 7) is 11.8. The van der Waals surface area contributed by atoms with E-state index in [2.05, 4.69) is 58.1 Å². The molecule has 0 saturated carbocycles. The van der Waals surface area contributed by atoms with Crippen LogP contribution >= 0.6 is 0 Å². The molecule has 1 amide bonds. The SMILES string of the molecule is CCCCCC(C(=O)NCc1c(C(C)C)cccc1C(C)C)c1cccc2c1OCO2. The Bertz CT molecular complexity index is 862. The van der Waals surface area contributed by atoms with Crippen LogP contribution in [0.15, 0.2) is 36.4 Å². The van der Waals surface area contributed by atoms with Gasteiger partial charge in [0.15, 0.2) is 11.5 Å². The lowest BCUT2D eigenvalue weighted by molar-refractivity contribution is -0.123. The number of carbonyl (C=O) groups is 1. The normalized spacial score (nSPS) is 13.6. The minimum absolute atomic E-state index is 0.0632. The van der Waals surface area contributed by atoms with Crippen molar-refractivity contribution in [2.24, 2.45) is 0 Å². The van der Waals surface area contributed by atoms with Crippen molar-refractivity contribution in [2.75, 3.05) is 6.79 Å². The zero-order valence-electron chi connectivity index (χ0n) is 19.7. The molecular weight excluding hydrogens is 386 g/mol. The predicted octanol–water partition coefficient (Wildman–Crippen LogP) is 6.64. The molecule has 0 radical (unpaired) electrons. The number of para-hydroxylation sites is 1. The Morgan fingerprint density at radius 2 is 1.58 bits per heavy atom. The van der Waals surface area contributed by atoms with E-state index in [0.717, 1.165) is 42.7 Å². The Balaban J connectivity index is 1.85. The number of rotatable bonds is 10. The summed E-state index contributed by atoms with van der Waals surface area (Å²) in [6, 6.07) is 12.4. The molecule has 4 nitrogen and oxygen atoms in total. The fourth-order valence-corrected chi connectivity index (χ4v) is 4.46. The number of ether oxygens (including phenoxy) is 2. The van der Waals surface area contributed by atoms with Gasteiger partial charge >= 0.3 is 0 Å². The van der Waals surface area contributed by atoms with Crippen molar-refractivity contribution < 1.29 is 14.3 Å². The van der Waals surface area contributed by atoms with Gasteiger partial charge in [0.1, 0.15) is 0 Å². The minimum Gasteiger partial charge on any atom is -0.454 e. The quantitative estimate of drug-likeness (QED) is 0.436. The lowest BCUT2D eigenvalue weighted by atomic mass is 9.88. The van der Waals surface area contributed by atoms with E-state index in [-0.39, 0.29) is 18.6 Å². The molecule has 1 heterocycles. The van der Waals surface area contributed by atoms with E-state index in [1.165, 1.54) is 16.7 Å². The third-order valence-corrected chi connectivity index (χ3v) is 6.15. The van der Waals surface area contributed by atoms with Gasteiger partial charge in [-0.3, -0.25) is 4.79 Å². The maximum absolute atomic E-state index is 13.5. The molecule has 4 heteroatoms. The summed E-state index contributed by atoms with van der Waals surface area (Å²) in [4.78, 5) is 13.5. The number of amides is 1. The molecule has 1 aliphatic rings. The number of hydrogen-bond donors (Lipinski definition) is 1. The van der Waals surface area contributed by atoms with Crippen LogP contribution in [0.5, 0.6) is 11.5 Å². The van der Waals surface area contributed by atoms with Gasteiger partial charge in [0.2, 0.25) is 12.7 Å². The molecule has 2 aromatic carbocycles. The largest absolute Gasteiger partial charge is 0.454 e. The van der Waals surface area contributed by atoms with Crippen LogP contribution in [-0.2, 0) is 11.3 Å². The van der Waals surface area contributed by atoms with Crippen LogP contribution in [0.2, 0.25) is 0 Å². The highest BCUT2D eigenvalue weighted by molar-refractivity contribution is 5.85. The van der Waals surface area contributed by atoms with Gasteiger partial charge in [-0.1, -0.05) is 84.2 Å². The summed E-state index contributed by atoms with van der Waals surface area (Å²) in [5.41, 5.74) is 4.81. The second-order valence-electron chi connectivity index (χ2n) is 9.07. The molecule has 0 fully saturated rings. The Morgan fingerprint density at radius 1 is 0.935 bits per heavy atom. The van der Waals surface area contributed by atoms with Crippen molar-refractivity contribution in [1.29, 1.82) is 0 Å². The first-order valence-electron chi connectivity index (χ1n) is 11.7. The van der Waals surface area contributed by atoms with E-state index in [0.29, 0.717) is 18.4 Å². The van der Waals surface area contributed by atoms with E-state index in [4.69, 9.17) is 9.47 Å². The van der Waals surface area contributed by atoms with Gasteiger partial charge in [-0.25, -0.2) is 0 Å². The molecule has 31 heavy (non-hydrogen) atoms. The van der Waals surface area contributed by atoms with Crippen LogP contribution < -0.4 is 14.8 Å². The van der Waals surface area contributed by atoms with Crippen molar-refractivity contribution >= 4 is 5.91 Å². The third kappa shape index (κ3) is 5.41. The van der Waals surface area contributed by atoms with Gasteiger partial charge in [0.25, 0.3) is 0 Å². The van der Waals surface area contributed by atoms with Crippen LogP contribution in [-0.4, -0.2) is 12.7 Å². The van der Waals surface area contributed by atoms with Crippen molar-refractivity contribution in [3.63, 3.8) is 0 Å². The van der Waals surface area contributed by atoms with Crippen LogP contribution in [0.3, 0.4) is 0 Å². The van der Waals surface area contributed by atoms with E-state index < -0.39 is 0 Å². The van der Waals surface area contributed by atoms with Crippen LogP contribution in [0.4, 0.5) is 0 Å². The Labute approximate surface area is 187 Å². The Hall–Kier alpha value is -2.49. The zero-order chi connectivity index (χ0) is 22.4. The topological polar surface area (TPSA) is 47.6 Å². The zero-order valence-corrected chi connectivity index (χ0v) is 19.7. The number of nitrogens with one attached hydrogen (secondary N) is 1. The highest BCUT2D eigenvalue weighted by Crippen LogP contribution is 2.41. The highest BCUT2D eigenvalue weighted by Gasteiger charge is 2.28. The summed E-state index contributed by atoms with van der Waals surface area (Å²) in [6.07, 6.45) is 4.06. The molecule has 3 rings (SSSR count). The van der Waals surface area contributed by atoms with Crippen molar-refractivity contribution in [2.45, 2.75) is 84.6 Å². The Morgan fingerprint density at radius 3 is 2.23 bits per heavy atom. The average molecular weight is 424 g/mol. The van der Waals surface area contributed by atoms with Gasteiger partial charge in [-0.2, -0.15) is 0 Å². The lowest BCUT2D eigenvalue weighted by Crippen LogP contribution is -2.30. The van der Waals surface area contributed by atoms with E-state index in [9.17, 15) is 4.79 Å². The second-order valence-corrected chi connectivity index (χ2v) is 9.07. The van der Waals surface area contributed by atoms with E-state index in [1.807, 2.05) is 18.2 Å². The summed E-state index contributed by atoms with van der Waals surface area (Å²) in [5, 5.41) is 3.27. The van der Waals surface area contributed by atoms with Gasteiger partial charge < -0.3 is 14.8 Å². The maximum Gasteiger partial charge on any atom is 0.231 e. The molecular formula is C27H37NO3. The molecule has 0 aromatic heterocycles. The minimum atomic E-state index is -0.239. The number of fused-ring (bicyclic) bond motifs is 1. The molecule has 0 spiro atoms. The molecule has 0 aliphatic carbocycles. The van der Waals surface area contributed by atoms with Gasteiger partial charge in [-0.05, 0) is 41.0 Å². The molecule has 1 aliphatic heterocycles. The van der Waals surface area contributed by atoms with E-state index >= 15 is 0 Å².